The molecule has 2 aromatic rings. The van der Waals surface area contributed by atoms with E-state index in [9.17, 15) is 4.79 Å². The monoisotopic (exact) mass is 297 g/mol. The Bertz CT molecular complexity index is 574. The molecule has 17 heavy (non-hydrogen) atoms. The van der Waals surface area contributed by atoms with Crippen molar-refractivity contribution in [2.45, 2.75) is 26.3 Å². The standard InChI is InChI=1S/C11H12BrN3O2/c1-7(2)11-13-9(14-17-11)6-15-4-3-8(12)5-10(15)16/h3-5,7H,6H2,1-2H3. The van der Waals surface area contributed by atoms with E-state index >= 15 is 0 Å². The molecule has 0 aliphatic rings. The zero-order valence-corrected chi connectivity index (χ0v) is 11.1. The van der Waals surface area contributed by atoms with E-state index in [1.165, 1.54) is 10.6 Å². The van der Waals surface area contributed by atoms with Crippen molar-refractivity contribution in [3.8, 4) is 0 Å². The lowest BCUT2D eigenvalue weighted by Gasteiger charge is -2.00. The Labute approximate surface area is 107 Å². The van der Waals surface area contributed by atoms with Gasteiger partial charge >= 0.3 is 0 Å². The number of pyridine rings is 1. The maximum Gasteiger partial charge on any atom is 0.252 e. The summed E-state index contributed by atoms with van der Waals surface area (Å²) in [5, 5.41) is 3.84. The molecule has 0 unspecified atom stereocenters. The van der Waals surface area contributed by atoms with Crippen molar-refractivity contribution in [1.82, 2.24) is 14.7 Å². The van der Waals surface area contributed by atoms with Crippen molar-refractivity contribution < 1.29 is 4.52 Å². The Morgan fingerprint density at radius 3 is 2.88 bits per heavy atom. The molecule has 6 heteroatoms. The topological polar surface area (TPSA) is 60.9 Å². The summed E-state index contributed by atoms with van der Waals surface area (Å²) < 4.78 is 7.36. The van der Waals surface area contributed by atoms with Gasteiger partial charge in [-0.25, -0.2) is 0 Å². The molecule has 0 atom stereocenters. The molecule has 0 N–H and O–H groups in total. The van der Waals surface area contributed by atoms with Crippen LogP contribution in [0.25, 0.3) is 0 Å². The normalized spacial score (nSPS) is 11.1. The van der Waals surface area contributed by atoms with Crippen LogP contribution in [0, 0.1) is 0 Å². The van der Waals surface area contributed by atoms with Crippen LogP contribution in [0.15, 0.2) is 32.1 Å². The van der Waals surface area contributed by atoms with Gasteiger partial charge in [0.15, 0.2) is 5.82 Å². The summed E-state index contributed by atoms with van der Waals surface area (Å²) in [5.74, 6) is 1.29. The number of rotatable bonds is 3. The molecule has 0 spiro atoms. The fraction of sp³-hybridized carbons (Fsp3) is 0.364. The summed E-state index contributed by atoms with van der Waals surface area (Å²) in [4.78, 5) is 15.9. The van der Waals surface area contributed by atoms with Gasteiger partial charge in [-0.1, -0.05) is 34.9 Å². The first-order valence-electron chi connectivity index (χ1n) is 5.24. The molecule has 0 fully saturated rings. The lowest BCUT2D eigenvalue weighted by atomic mass is 10.2. The van der Waals surface area contributed by atoms with Crippen LogP contribution in [0.4, 0.5) is 0 Å². The number of nitrogens with zero attached hydrogens (tertiary/aromatic N) is 3. The van der Waals surface area contributed by atoms with Gasteiger partial charge in [-0.2, -0.15) is 4.98 Å². The Morgan fingerprint density at radius 2 is 2.29 bits per heavy atom. The first-order valence-corrected chi connectivity index (χ1v) is 6.04. The maximum atomic E-state index is 11.6. The van der Waals surface area contributed by atoms with Crippen LogP contribution in [0.5, 0.6) is 0 Å². The Balaban J connectivity index is 2.22. The zero-order valence-electron chi connectivity index (χ0n) is 9.55. The van der Waals surface area contributed by atoms with Crippen molar-refractivity contribution in [3.05, 3.63) is 44.9 Å². The lowest BCUT2D eigenvalue weighted by molar-refractivity contribution is 0.359. The molecule has 90 valence electrons. The minimum atomic E-state index is -0.102. The molecule has 0 saturated heterocycles. The van der Waals surface area contributed by atoms with Crippen LogP contribution in [-0.4, -0.2) is 14.7 Å². The third-order valence-electron chi connectivity index (χ3n) is 2.25. The van der Waals surface area contributed by atoms with Gasteiger partial charge in [0.25, 0.3) is 5.56 Å². The highest BCUT2D eigenvalue weighted by Crippen LogP contribution is 2.11. The second kappa shape index (κ2) is 4.83. The van der Waals surface area contributed by atoms with Crippen LogP contribution in [0.3, 0.4) is 0 Å². The van der Waals surface area contributed by atoms with E-state index in [-0.39, 0.29) is 11.5 Å². The molecule has 0 amide bonds. The highest BCUT2D eigenvalue weighted by Gasteiger charge is 2.10. The van der Waals surface area contributed by atoms with E-state index in [1.807, 2.05) is 13.8 Å². The second-order valence-electron chi connectivity index (χ2n) is 4.01. The first-order chi connectivity index (χ1) is 8.06. The van der Waals surface area contributed by atoms with Crippen LogP contribution in [-0.2, 0) is 6.54 Å². The third-order valence-corrected chi connectivity index (χ3v) is 2.74. The predicted molar refractivity (Wildman–Crippen MR) is 65.9 cm³/mol. The van der Waals surface area contributed by atoms with E-state index in [1.54, 1.807) is 12.3 Å². The van der Waals surface area contributed by atoms with E-state index in [2.05, 4.69) is 26.1 Å². The van der Waals surface area contributed by atoms with Crippen LogP contribution < -0.4 is 5.56 Å². The fourth-order valence-corrected chi connectivity index (χ4v) is 1.65. The molecular weight excluding hydrogens is 286 g/mol. The van der Waals surface area contributed by atoms with Crippen LogP contribution in [0.2, 0.25) is 0 Å². The van der Waals surface area contributed by atoms with Gasteiger partial charge in [0.05, 0.1) is 6.54 Å². The van der Waals surface area contributed by atoms with Gasteiger partial charge in [-0.05, 0) is 6.07 Å². The second-order valence-corrected chi connectivity index (χ2v) is 4.93. The number of aromatic nitrogens is 3. The average Bonchev–Trinajstić information content (AvgIpc) is 2.71. The molecule has 5 nitrogen and oxygen atoms in total. The van der Waals surface area contributed by atoms with Crippen molar-refractivity contribution in [2.75, 3.05) is 0 Å². The van der Waals surface area contributed by atoms with Gasteiger partial charge < -0.3 is 9.09 Å². The Morgan fingerprint density at radius 1 is 1.53 bits per heavy atom. The molecule has 2 rings (SSSR count). The number of hydrogen-bond donors (Lipinski definition) is 0. The Kier molecular flexibility index (Phi) is 3.42. The molecular formula is C11H12BrN3O2. The quantitative estimate of drug-likeness (QED) is 0.871. The fourth-order valence-electron chi connectivity index (χ4n) is 1.33. The van der Waals surface area contributed by atoms with Crippen molar-refractivity contribution in [2.24, 2.45) is 0 Å². The highest BCUT2D eigenvalue weighted by molar-refractivity contribution is 9.10. The molecule has 2 aromatic heterocycles. The smallest absolute Gasteiger partial charge is 0.252 e. The SMILES string of the molecule is CC(C)c1nc(Cn2ccc(Br)cc2=O)no1. The number of hydrogen-bond acceptors (Lipinski definition) is 4. The zero-order chi connectivity index (χ0) is 12.4. The maximum absolute atomic E-state index is 11.6. The van der Waals surface area contributed by atoms with Crippen LogP contribution >= 0.6 is 15.9 Å². The highest BCUT2D eigenvalue weighted by atomic mass is 79.9. The van der Waals surface area contributed by atoms with Gasteiger partial charge in [0.1, 0.15) is 0 Å². The minimum Gasteiger partial charge on any atom is -0.339 e. The molecule has 2 heterocycles. The van der Waals surface area contributed by atoms with Crippen molar-refractivity contribution in [1.29, 1.82) is 0 Å². The number of halogens is 1. The molecule has 0 aromatic carbocycles. The van der Waals surface area contributed by atoms with Gasteiger partial charge in [-0.15, -0.1) is 0 Å². The molecule has 0 bridgehead atoms. The average molecular weight is 298 g/mol. The minimum absolute atomic E-state index is 0.102. The van der Waals surface area contributed by atoms with E-state index in [0.717, 1.165) is 4.47 Å². The largest absolute Gasteiger partial charge is 0.339 e. The summed E-state index contributed by atoms with van der Waals surface area (Å²) >= 11 is 3.24. The molecule has 0 saturated carbocycles. The van der Waals surface area contributed by atoms with Gasteiger partial charge in [0.2, 0.25) is 5.89 Å². The summed E-state index contributed by atoms with van der Waals surface area (Å²) in [6.07, 6.45) is 1.69. The molecule has 0 aliphatic heterocycles. The third kappa shape index (κ3) is 2.82. The first kappa shape index (κ1) is 12.0. The van der Waals surface area contributed by atoms with Crippen molar-refractivity contribution in [3.63, 3.8) is 0 Å². The summed E-state index contributed by atoms with van der Waals surface area (Å²) in [6, 6.07) is 3.30. The van der Waals surface area contributed by atoms with Gasteiger partial charge in [-0.3, -0.25) is 4.79 Å². The molecule has 0 aliphatic carbocycles. The summed E-state index contributed by atoms with van der Waals surface area (Å²) in [6.45, 7) is 4.27. The molecule has 0 radical (unpaired) electrons. The Hall–Kier alpha value is -1.43. The van der Waals surface area contributed by atoms with Crippen LogP contribution in [0.1, 0.15) is 31.5 Å². The van der Waals surface area contributed by atoms with E-state index in [4.69, 9.17) is 4.52 Å². The summed E-state index contributed by atoms with van der Waals surface area (Å²) in [5.41, 5.74) is -0.102. The van der Waals surface area contributed by atoms with E-state index in [0.29, 0.717) is 18.3 Å². The van der Waals surface area contributed by atoms with Crippen molar-refractivity contribution >= 4 is 15.9 Å². The predicted octanol–water partition coefficient (Wildman–Crippen LogP) is 2.17. The van der Waals surface area contributed by atoms with E-state index < -0.39 is 0 Å². The van der Waals surface area contributed by atoms with Gasteiger partial charge in [0, 0.05) is 22.7 Å². The summed E-state index contributed by atoms with van der Waals surface area (Å²) in [7, 11) is 0. The lowest BCUT2D eigenvalue weighted by Crippen LogP contribution is -2.19.